The number of nitrogens with one attached hydrogen (secondary N) is 3. The van der Waals surface area contributed by atoms with Crippen molar-refractivity contribution in [2.45, 2.75) is 6.42 Å². The number of thiophene rings is 1. The second-order valence-electron chi connectivity index (χ2n) is 6.21. The number of aromatic nitrogens is 2. The van der Waals surface area contributed by atoms with E-state index in [1.165, 1.54) is 30.3 Å². The Kier molecular flexibility index (Phi) is 5.05. The third-order valence-corrected chi connectivity index (χ3v) is 5.16. The van der Waals surface area contributed by atoms with Crippen LogP contribution in [-0.2, 0) is 11.2 Å². The number of H-pyrrole nitrogens is 1. The van der Waals surface area contributed by atoms with Crippen molar-refractivity contribution in [3.05, 3.63) is 76.7 Å². The van der Waals surface area contributed by atoms with E-state index in [1.807, 2.05) is 0 Å². The van der Waals surface area contributed by atoms with Gasteiger partial charge in [0.05, 0.1) is 16.7 Å². The van der Waals surface area contributed by atoms with Gasteiger partial charge in [0.2, 0.25) is 5.91 Å². The van der Waals surface area contributed by atoms with Gasteiger partial charge in [0.1, 0.15) is 22.3 Å². The lowest BCUT2D eigenvalue weighted by molar-refractivity contribution is -0.115. The van der Waals surface area contributed by atoms with E-state index >= 15 is 0 Å². The lowest BCUT2D eigenvalue weighted by atomic mass is 10.1. The van der Waals surface area contributed by atoms with Crippen LogP contribution < -0.4 is 10.6 Å². The zero-order valence-corrected chi connectivity index (χ0v) is 15.6. The molecule has 3 N–H and O–H groups in total. The van der Waals surface area contributed by atoms with Crippen molar-refractivity contribution in [3.63, 3.8) is 0 Å². The summed E-state index contributed by atoms with van der Waals surface area (Å²) in [7, 11) is 0. The second kappa shape index (κ2) is 7.80. The first kappa shape index (κ1) is 18.8. The quantitative estimate of drug-likeness (QED) is 0.456. The van der Waals surface area contributed by atoms with Gasteiger partial charge >= 0.3 is 0 Å². The molecule has 0 aliphatic heterocycles. The van der Waals surface area contributed by atoms with Gasteiger partial charge < -0.3 is 10.6 Å². The molecule has 0 aliphatic rings. The van der Waals surface area contributed by atoms with Gasteiger partial charge in [-0.25, -0.2) is 8.78 Å². The maximum atomic E-state index is 13.7. The summed E-state index contributed by atoms with van der Waals surface area (Å²) in [6, 6.07) is 13.2. The third-order valence-electron chi connectivity index (χ3n) is 4.13. The fourth-order valence-electron chi connectivity index (χ4n) is 2.77. The summed E-state index contributed by atoms with van der Waals surface area (Å²) >= 11 is 1.12. The Morgan fingerprint density at radius 2 is 1.86 bits per heavy atom. The van der Waals surface area contributed by atoms with E-state index in [2.05, 4.69) is 20.8 Å². The van der Waals surface area contributed by atoms with Crippen molar-refractivity contribution in [1.29, 1.82) is 0 Å². The highest BCUT2D eigenvalue weighted by Gasteiger charge is 2.17. The van der Waals surface area contributed by atoms with Crippen molar-refractivity contribution in [2.24, 2.45) is 0 Å². The SMILES string of the molecule is O=C(Cc1ccccc1F)Nc1[nH]nc2sc(C(=O)Nc3cccc(F)c3)cc12. The molecule has 0 radical (unpaired) electrons. The highest BCUT2D eigenvalue weighted by atomic mass is 32.1. The van der Waals surface area contributed by atoms with Crippen LogP contribution in [0.15, 0.2) is 54.6 Å². The molecule has 6 nitrogen and oxygen atoms in total. The zero-order valence-electron chi connectivity index (χ0n) is 14.8. The Morgan fingerprint density at radius 3 is 2.66 bits per heavy atom. The van der Waals surface area contributed by atoms with E-state index in [4.69, 9.17) is 0 Å². The minimum Gasteiger partial charge on any atom is -0.321 e. The van der Waals surface area contributed by atoms with Crippen LogP contribution in [0, 0.1) is 11.6 Å². The van der Waals surface area contributed by atoms with Crippen LogP contribution in [0.5, 0.6) is 0 Å². The van der Waals surface area contributed by atoms with Crippen LogP contribution in [0.4, 0.5) is 20.3 Å². The van der Waals surface area contributed by atoms with Crippen LogP contribution >= 0.6 is 11.3 Å². The molecule has 29 heavy (non-hydrogen) atoms. The number of rotatable bonds is 5. The Morgan fingerprint density at radius 1 is 1.03 bits per heavy atom. The predicted molar refractivity (Wildman–Crippen MR) is 107 cm³/mol. The molecule has 4 aromatic rings. The molecule has 2 aromatic heterocycles. The van der Waals surface area contributed by atoms with E-state index in [0.717, 1.165) is 11.3 Å². The van der Waals surface area contributed by atoms with Crippen molar-refractivity contribution in [2.75, 3.05) is 10.6 Å². The lowest BCUT2D eigenvalue weighted by Crippen LogP contribution is -2.15. The van der Waals surface area contributed by atoms with Crippen molar-refractivity contribution < 1.29 is 18.4 Å². The third kappa shape index (κ3) is 4.14. The van der Waals surface area contributed by atoms with Gasteiger partial charge in [-0.1, -0.05) is 24.3 Å². The molecule has 0 atom stereocenters. The van der Waals surface area contributed by atoms with Crippen molar-refractivity contribution in [3.8, 4) is 0 Å². The molecule has 0 aliphatic carbocycles. The standard InChI is InChI=1S/C20H14F2N4O2S/c21-12-5-3-6-13(9-12)23-19(28)16-10-14-18(25-26-20(14)29-16)24-17(27)8-11-4-1-2-7-15(11)22/h1-7,9-10H,8H2,(H,23,28)(H2,24,25,26,27). The molecular weight excluding hydrogens is 398 g/mol. The van der Waals surface area contributed by atoms with Crippen molar-refractivity contribution in [1.82, 2.24) is 10.2 Å². The van der Waals surface area contributed by atoms with Crippen LogP contribution in [0.1, 0.15) is 15.2 Å². The molecule has 2 heterocycles. The molecule has 0 saturated carbocycles. The van der Waals surface area contributed by atoms with Crippen LogP contribution in [0.2, 0.25) is 0 Å². The van der Waals surface area contributed by atoms with Gasteiger partial charge in [0.15, 0.2) is 0 Å². The minimum atomic E-state index is -0.455. The smallest absolute Gasteiger partial charge is 0.265 e. The number of fused-ring (bicyclic) bond motifs is 1. The summed E-state index contributed by atoms with van der Waals surface area (Å²) in [5, 5.41) is 12.6. The largest absolute Gasteiger partial charge is 0.321 e. The van der Waals surface area contributed by atoms with Crippen LogP contribution in [0.3, 0.4) is 0 Å². The molecule has 4 rings (SSSR count). The minimum absolute atomic E-state index is 0.135. The van der Waals surface area contributed by atoms with Crippen LogP contribution in [-0.4, -0.2) is 22.0 Å². The van der Waals surface area contributed by atoms with Gasteiger partial charge in [0, 0.05) is 5.69 Å². The first-order valence-corrected chi connectivity index (χ1v) is 9.39. The van der Waals surface area contributed by atoms with Crippen LogP contribution in [0.25, 0.3) is 10.2 Å². The number of amides is 2. The number of benzene rings is 2. The molecule has 0 spiro atoms. The Balaban J connectivity index is 1.49. The van der Waals surface area contributed by atoms with Gasteiger partial charge in [0.25, 0.3) is 5.91 Å². The van der Waals surface area contributed by atoms with E-state index in [9.17, 15) is 18.4 Å². The first-order valence-electron chi connectivity index (χ1n) is 8.57. The summed E-state index contributed by atoms with van der Waals surface area (Å²) in [4.78, 5) is 25.5. The fraction of sp³-hybridized carbons (Fsp3) is 0.0500. The number of carbonyl (C=O) groups is 2. The number of hydrogen-bond acceptors (Lipinski definition) is 4. The number of nitrogens with zero attached hydrogens (tertiary/aromatic N) is 1. The summed E-state index contributed by atoms with van der Waals surface area (Å²) in [5.41, 5.74) is 0.613. The topological polar surface area (TPSA) is 86.9 Å². The highest BCUT2D eigenvalue weighted by Crippen LogP contribution is 2.30. The monoisotopic (exact) mass is 412 g/mol. The Hall–Kier alpha value is -3.59. The molecule has 146 valence electrons. The molecular formula is C20H14F2N4O2S. The molecule has 2 amide bonds. The average Bonchev–Trinajstić information content (AvgIpc) is 3.26. The number of halogens is 2. The van der Waals surface area contributed by atoms with Gasteiger partial charge in [-0.2, -0.15) is 5.10 Å². The van der Waals surface area contributed by atoms with Gasteiger partial charge in [-0.3, -0.25) is 14.7 Å². The first-order chi connectivity index (χ1) is 14.0. The molecule has 0 saturated heterocycles. The molecule has 0 fully saturated rings. The average molecular weight is 412 g/mol. The van der Waals surface area contributed by atoms with E-state index in [0.29, 0.717) is 26.6 Å². The zero-order chi connectivity index (χ0) is 20.4. The van der Waals surface area contributed by atoms with E-state index < -0.39 is 23.4 Å². The summed E-state index contributed by atoms with van der Waals surface area (Å²) in [6.45, 7) is 0. The maximum absolute atomic E-state index is 13.7. The molecule has 9 heteroatoms. The van der Waals surface area contributed by atoms with Gasteiger partial charge in [-0.15, -0.1) is 11.3 Å². The highest BCUT2D eigenvalue weighted by molar-refractivity contribution is 7.20. The predicted octanol–water partition coefficient (Wildman–Crippen LogP) is 4.34. The normalized spacial score (nSPS) is 10.8. The summed E-state index contributed by atoms with van der Waals surface area (Å²) in [6.07, 6.45) is -0.135. The van der Waals surface area contributed by atoms with Crippen molar-refractivity contribution >= 4 is 44.9 Å². The van der Waals surface area contributed by atoms with E-state index in [1.54, 1.807) is 24.3 Å². The fourth-order valence-corrected chi connectivity index (χ4v) is 3.67. The second-order valence-corrected chi connectivity index (χ2v) is 7.24. The Labute approximate surface area is 167 Å². The number of anilines is 2. The summed E-state index contributed by atoms with van der Waals surface area (Å²) < 4.78 is 27.0. The summed E-state index contributed by atoms with van der Waals surface area (Å²) in [5.74, 6) is -1.42. The molecule has 2 aromatic carbocycles. The number of carbonyl (C=O) groups excluding carboxylic acids is 2. The number of aromatic amines is 1. The maximum Gasteiger partial charge on any atom is 0.265 e. The molecule has 0 unspecified atom stereocenters. The van der Waals surface area contributed by atoms with Gasteiger partial charge in [-0.05, 0) is 35.9 Å². The molecule has 0 bridgehead atoms. The van der Waals surface area contributed by atoms with E-state index in [-0.39, 0.29) is 12.0 Å². The number of hydrogen-bond donors (Lipinski definition) is 3. The Bertz CT molecular complexity index is 1220. The lowest BCUT2D eigenvalue weighted by Gasteiger charge is -2.04.